The van der Waals surface area contributed by atoms with E-state index < -0.39 is 0 Å². The summed E-state index contributed by atoms with van der Waals surface area (Å²) in [6.07, 6.45) is 5.14. The summed E-state index contributed by atoms with van der Waals surface area (Å²) in [7, 11) is 0. The number of imidazole rings is 1. The standard InChI is InChI=1S/C16H20N2O/c1-11-4-5-12(2)13(8-11)14-9-17-15(18-14)16(10-19)6-3-7-16/h4-5,8-9,19H,3,6-7,10H2,1-2H3,(H,17,18). The second-order valence-electron chi connectivity index (χ2n) is 5.76. The number of rotatable bonds is 3. The topological polar surface area (TPSA) is 48.9 Å². The molecule has 1 aromatic heterocycles. The van der Waals surface area contributed by atoms with E-state index in [2.05, 4.69) is 42.0 Å². The van der Waals surface area contributed by atoms with Gasteiger partial charge in [-0.25, -0.2) is 4.98 Å². The molecule has 1 aliphatic rings. The van der Waals surface area contributed by atoms with E-state index in [1.165, 1.54) is 23.1 Å². The van der Waals surface area contributed by atoms with Crippen LogP contribution in [0.15, 0.2) is 24.4 Å². The summed E-state index contributed by atoms with van der Waals surface area (Å²) in [5, 5.41) is 9.61. The van der Waals surface area contributed by atoms with Gasteiger partial charge in [-0.3, -0.25) is 0 Å². The minimum absolute atomic E-state index is 0.115. The number of hydrogen-bond donors (Lipinski definition) is 2. The zero-order valence-electron chi connectivity index (χ0n) is 11.5. The molecule has 1 aliphatic carbocycles. The molecule has 0 aliphatic heterocycles. The van der Waals surface area contributed by atoms with Crippen molar-refractivity contribution in [1.29, 1.82) is 0 Å². The lowest BCUT2D eigenvalue weighted by Gasteiger charge is -2.38. The van der Waals surface area contributed by atoms with Gasteiger partial charge in [0.05, 0.1) is 23.9 Å². The molecule has 0 spiro atoms. The van der Waals surface area contributed by atoms with Crippen molar-refractivity contribution in [2.75, 3.05) is 6.61 Å². The van der Waals surface area contributed by atoms with Gasteiger partial charge in [-0.15, -0.1) is 0 Å². The molecule has 0 atom stereocenters. The van der Waals surface area contributed by atoms with Crippen molar-refractivity contribution in [1.82, 2.24) is 9.97 Å². The highest BCUT2D eigenvalue weighted by Gasteiger charge is 2.40. The van der Waals surface area contributed by atoms with E-state index in [1.807, 2.05) is 6.20 Å². The van der Waals surface area contributed by atoms with Crippen LogP contribution in [0.1, 0.15) is 36.2 Å². The van der Waals surface area contributed by atoms with Crippen LogP contribution in [0.3, 0.4) is 0 Å². The zero-order valence-corrected chi connectivity index (χ0v) is 11.5. The van der Waals surface area contributed by atoms with Crippen LogP contribution in [-0.2, 0) is 5.41 Å². The number of hydrogen-bond acceptors (Lipinski definition) is 2. The number of nitrogens with one attached hydrogen (secondary N) is 1. The van der Waals surface area contributed by atoms with Gasteiger partial charge in [0.15, 0.2) is 0 Å². The van der Waals surface area contributed by atoms with Crippen molar-refractivity contribution in [2.45, 2.75) is 38.5 Å². The van der Waals surface area contributed by atoms with Gasteiger partial charge in [0.1, 0.15) is 5.82 Å². The van der Waals surface area contributed by atoms with Crippen LogP contribution in [0.5, 0.6) is 0 Å². The Morgan fingerprint density at radius 2 is 2.11 bits per heavy atom. The van der Waals surface area contributed by atoms with E-state index >= 15 is 0 Å². The molecule has 1 heterocycles. The quantitative estimate of drug-likeness (QED) is 0.886. The van der Waals surface area contributed by atoms with E-state index in [4.69, 9.17) is 0 Å². The molecule has 2 N–H and O–H groups in total. The van der Waals surface area contributed by atoms with Crippen LogP contribution < -0.4 is 0 Å². The predicted octanol–water partition coefficient (Wildman–Crippen LogP) is 3.11. The molecule has 1 fully saturated rings. The van der Waals surface area contributed by atoms with Gasteiger partial charge >= 0.3 is 0 Å². The number of aliphatic hydroxyl groups is 1. The third-order valence-electron chi connectivity index (χ3n) is 4.37. The molecule has 0 saturated heterocycles. The average Bonchev–Trinajstić information content (AvgIpc) is 2.81. The van der Waals surface area contributed by atoms with Gasteiger partial charge < -0.3 is 10.1 Å². The maximum absolute atomic E-state index is 9.61. The Hall–Kier alpha value is -1.61. The minimum Gasteiger partial charge on any atom is -0.395 e. The fraction of sp³-hybridized carbons (Fsp3) is 0.438. The summed E-state index contributed by atoms with van der Waals surface area (Å²) in [4.78, 5) is 7.93. The van der Waals surface area contributed by atoms with Gasteiger partial charge in [0.2, 0.25) is 0 Å². The zero-order chi connectivity index (χ0) is 13.5. The van der Waals surface area contributed by atoms with E-state index in [-0.39, 0.29) is 12.0 Å². The number of aliphatic hydroxyl groups excluding tert-OH is 1. The second-order valence-corrected chi connectivity index (χ2v) is 5.76. The maximum atomic E-state index is 9.61. The summed E-state index contributed by atoms with van der Waals surface area (Å²) < 4.78 is 0. The van der Waals surface area contributed by atoms with Crippen molar-refractivity contribution < 1.29 is 5.11 Å². The number of benzene rings is 1. The molecule has 3 heteroatoms. The highest BCUT2D eigenvalue weighted by Crippen LogP contribution is 2.42. The lowest BCUT2D eigenvalue weighted by Crippen LogP contribution is -2.39. The van der Waals surface area contributed by atoms with Gasteiger partial charge in [-0.05, 0) is 38.3 Å². The molecule has 3 rings (SSSR count). The fourth-order valence-corrected chi connectivity index (χ4v) is 2.83. The summed E-state index contributed by atoms with van der Waals surface area (Å²) in [5.74, 6) is 0.942. The average molecular weight is 256 g/mol. The summed E-state index contributed by atoms with van der Waals surface area (Å²) in [6.45, 7) is 4.40. The monoisotopic (exact) mass is 256 g/mol. The van der Waals surface area contributed by atoms with Crippen LogP contribution in [0.2, 0.25) is 0 Å². The Morgan fingerprint density at radius 3 is 2.74 bits per heavy atom. The van der Waals surface area contributed by atoms with Crippen LogP contribution in [0, 0.1) is 13.8 Å². The second kappa shape index (κ2) is 4.49. The minimum atomic E-state index is -0.115. The van der Waals surface area contributed by atoms with Crippen molar-refractivity contribution in [3.63, 3.8) is 0 Å². The highest BCUT2D eigenvalue weighted by molar-refractivity contribution is 5.64. The van der Waals surface area contributed by atoms with E-state index in [9.17, 15) is 5.11 Å². The lowest BCUT2D eigenvalue weighted by atomic mass is 9.69. The van der Waals surface area contributed by atoms with Gasteiger partial charge in [-0.1, -0.05) is 24.1 Å². The van der Waals surface area contributed by atoms with Crippen LogP contribution in [-0.4, -0.2) is 21.7 Å². The third-order valence-corrected chi connectivity index (χ3v) is 4.37. The molecule has 1 aromatic carbocycles. The Bertz CT molecular complexity index is 591. The largest absolute Gasteiger partial charge is 0.395 e. The Labute approximate surface area is 113 Å². The van der Waals surface area contributed by atoms with E-state index in [0.29, 0.717) is 0 Å². The first-order chi connectivity index (χ1) is 9.14. The molecular formula is C16H20N2O. The molecule has 100 valence electrons. The SMILES string of the molecule is Cc1ccc(C)c(-c2cnc(C3(CO)CCC3)[nH]2)c1. The van der Waals surface area contributed by atoms with Crippen molar-refractivity contribution in [2.24, 2.45) is 0 Å². The molecule has 0 radical (unpaired) electrons. The smallest absolute Gasteiger partial charge is 0.115 e. The fourth-order valence-electron chi connectivity index (χ4n) is 2.83. The molecule has 19 heavy (non-hydrogen) atoms. The Morgan fingerprint density at radius 1 is 1.32 bits per heavy atom. The highest BCUT2D eigenvalue weighted by atomic mass is 16.3. The van der Waals surface area contributed by atoms with Crippen molar-refractivity contribution in [3.05, 3.63) is 41.3 Å². The maximum Gasteiger partial charge on any atom is 0.115 e. The van der Waals surface area contributed by atoms with E-state index in [1.54, 1.807) is 0 Å². The lowest BCUT2D eigenvalue weighted by molar-refractivity contribution is 0.113. The summed E-state index contributed by atoms with van der Waals surface area (Å²) in [5.41, 5.74) is 4.63. The molecular weight excluding hydrogens is 236 g/mol. The van der Waals surface area contributed by atoms with Gasteiger partial charge in [0.25, 0.3) is 0 Å². The molecule has 1 saturated carbocycles. The Balaban J connectivity index is 1.99. The first kappa shape index (κ1) is 12.4. The van der Waals surface area contributed by atoms with Crippen molar-refractivity contribution in [3.8, 4) is 11.3 Å². The first-order valence-electron chi connectivity index (χ1n) is 6.89. The Kier molecular flexibility index (Phi) is 2.94. The number of H-pyrrole nitrogens is 1. The first-order valence-corrected chi connectivity index (χ1v) is 6.89. The van der Waals surface area contributed by atoms with Gasteiger partial charge in [-0.2, -0.15) is 0 Å². The van der Waals surface area contributed by atoms with Crippen molar-refractivity contribution >= 4 is 0 Å². The summed E-state index contributed by atoms with van der Waals surface area (Å²) >= 11 is 0. The van der Waals surface area contributed by atoms with Gasteiger partial charge in [0, 0.05) is 5.56 Å². The number of aryl methyl sites for hydroxylation is 2. The molecule has 3 nitrogen and oxygen atoms in total. The molecule has 0 bridgehead atoms. The normalized spacial score (nSPS) is 17.2. The van der Waals surface area contributed by atoms with Crippen LogP contribution in [0.4, 0.5) is 0 Å². The number of nitrogens with zero attached hydrogens (tertiary/aromatic N) is 1. The number of aromatic amines is 1. The third kappa shape index (κ3) is 1.98. The van der Waals surface area contributed by atoms with Crippen LogP contribution >= 0.6 is 0 Å². The van der Waals surface area contributed by atoms with Crippen LogP contribution in [0.25, 0.3) is 11.3 Å². The summed E-state index contributed by atoms with van der Waals surface area (Å²) in [6, 6.07) is 6.44. The molecule has 0 unspecified atom stereocenters. The van der Waals surface area contributed by atoms with E-state index in [0.717, 1.165) is 24.4 Å². The predicted molar refractivity (Wildman–Crippen MR) is 76.1 cm³/mol. The number of aromatic nitrogens is 2. The molecule has 0 amide bonds. The molecule has 2 aromatic rings.